The van der Waals surface area contributed by atoms with Gasteiger partial charge in [0, 0.05) is 18.9 Å². The number of carboxylic acid groups (broad SMARTS) is 1. The molecule has 2 unspecified atom stereocenters. The number of nitrogens with zero attached hydrogens (tertiary/aromatic N) is 4. The lowest BCUT2D eigenvalue weighted by Gasteiger charge is -2.14. The second-order valence-corrected chi connectivity index (χ2v) is 4.40. The van der Waals surface area contributed by atoms with Crippen molar-refractivity contribution in [3.05, 3.63) is 5.82 Å². The Bertz CT molecular complexity index is 364. The van der Waals surface area contributed by atoms with Crippen LogP contribution < -0.4 is 0 Å². The van der Waals surface area contributed by atoms with E-state index in [1.807, 2.05) is 6.92 Å². The second kappa shape index (κ2) is 6.32. The van der Waals surface area contributed by atoms with E-state index in [4.69, 9.17) is 5.11 Å². The zero-order valence-electron chi connectivity index (χ0n) is 10.6. The fraction of sp³-hybridized carbons (Fsp3) is 0.818. The summed E-state index contributed by atoms with van der Waals surface area (Å²) in [6, 6.07) is 0. The Morgan fingerprint density at radius 2 is 2.12 bits per heavy atom. The van der Waals surface area contributed by atoms with Gasteiger partial charge in [-0.1, -0.05) is 27.2 Å². The van der Waals surface area contributed by atoms with Gasteiger partial charge in [0.05, 0.1) is 0 Å². The molecule has 0 aliphatic rings. The quantitative estimate of drug-likeness (QED) is 0.784. The first-order valence-corrected chi connectivity index (χ1v) is 6.06. The van der Waals surface area contributed by atoms with E-state index < -0.39 is 5.97 Å². The number of hydrogen-bond donors (Lipinski definition) is 1. The van der Waals surface area contributed by atoms with Crippen molar-refractivity contribution in [3.63, 3.8) is 0 Å². The van der Waals surface area contributed by atoms with Crippen molar-refractivity contribution >= 4 is 5.97 Å². The van der Waals surface area contributed by atoms with E-state index in [-0.39, 0.29) is 12.3 Å². The summed E-state index contributed by atoms with van der Waals surface area (Å²) >= 11 is 0. The van der Waals surface area contributed by atoms with Crippen LogP contribution in [0.2, 0.25) is 0 Å². The summed E-state index contributed by atoms with van der Waals surface area (Å²) in [4.78, 5) is 10.7. The van der Waals surface area contributed by atoms with E-state index in [1.165, 1.54) is 0 Å². The van der Waals surface area contributed by atoms with Crippen LogP contribution in [0.5, 0.6) is 0 Å². The number of carboxylic acids is 1. The molecule has 0 aliphatic carbocycles. The van der Waals surface area contributed by atoms with Crippen molar-refractivity contribution in [1.29, 1.82) is 0 Å². The normalized spacial score (nSPS) is 14.5. The van der Waals surface area contributed by atoms with Crippen molar-refractivity contribution in [2.24, 2.45) is 5.92 Å². The molecule has 6 heteroatoms. The van der Waals surface area contributed by atoms with Crippen LogP contribution in [0.25, 0.3) is 0 Å². The minimum atomic E-state index is -0.769. The Morgan fingerprint density at radius 1 is 1.41 bits per heavy atom. The molecule has 6 nitrogen and oxygen atoms in total. The van der Waals surface area contributed by atoms with Gasteiger partial charge in [0.25, 0.3) is 0 Å². The molecule has 0 spiro atoms. The minimum Gasteiger partial charge on any atom is -0.481 e. The molecule has 2 atom stereocenters. The van der Waals surface area contributed by atoms with Gasteiger partial charge in [-0.05, 0) is 22.8 Å². The lowest BCUT2D eigenvalue weighted by molar-refractivity contribution is -0.138. The molecule has 1 N–H and O–H groups in total. The van der Waals surface area contributed by atoms with Gasteiger partial charge in [0.1, 0.15) is 0 Å². The van der Waals surface area contributed by atoms with E-state index in [1.54, 1.807) is 4.68 Å². The fourth-order valence-corrected chi connectivity index (χ4v) is 1.71. The zero-order chi connectivity index (χ0) is 12.8. The molecule has 1 heterocycles. The highest BCUT2D eigenvalue weighted by Crippen LogP contribution is 2.18. The number of hydrogen-bond acceptors (Lipinski definition) is 4. The molecule has 0 aromatic carbocycles. The molecule has 1 aromatic heterocycles. The Hall–Kier alpha value is -1.46. The summed E-state index contributed by atoms with van der Waals surface area (Å²) in [5.74, 6) is 0.456. The number of aromatic nitrogens is 4. The van der Waals surface area contributed by atoms with Gasteiger partial charge < -0.3 is 5.11 Å². The molecular weight excluding hydrogens is 220 g/mol. The van der Waals surface area contributed by atoms with E-state index in [2.05, 4.69) is 29.4 Å². The Morgan fingerprint density at radius 3 is 2.65 bits per heavy atom. The monoisotopic (exact) mass is 240 g/mol. The molecule has 1 rings (SSSR count). The van der Waals surface area contributed by atoms with Gasteiger partial charge in [-0.2, -0.15) is 0 Å². The van der Waals surface area contributed by atoms with Crippen LogP contribution in [-0.2, 0) is 11.3 Å². The molecule has 96 valence electrons. The first-order chi connectivity index (χ1) is 8.08. The van der Waals surface area contributed by atoms with Crippen molar-refractivity contribution < 1.29 is 9.90 Å². The van der Waals surface area contributed by atoms with Crippen LogP contribution in [0.15, 0.2) is 0 Å². The molecule has 0 bridgehead atoms. The van der Waals surface area contributed by atoms with Crippen molar-refractivity contribution in [2.45, 2.75) is 52.5 Å². The molecule has 17 heavy (non-hydrogen) atoms. The van der Waals surface area contributed by atoms with Crippen LogP contribution in [0.4, 0.5) is 0 Å². The predicted molar refractivity (Wildman–Crippen MR) is 62.6 cm³/mol. The van der Waals surface area contributed by atoms with Gasteiger partial charge >= 0.3 is 5.97 Å². The maximum atomic E-state index is 10.7. The highest BCUT2D eigenvalue weighted by Gasteiger charge is 2.17. The third-order valence-corrected chi connectivity index (χ3v) is 3.08. The Kier molecular flexibility index (Phi) is 5.06. The average Bonchev–Trinajstić information content (AvgIpc) is 2.74. The van der Waals surface area contributed by atoms with Gasteiger partial charge in [-0.25, -0.2) is 4.68 Å². The molecule has 0 saturated carbocycles. The molecule has 0 fully saturated rings. The standard InChI is InChI=1S/C11H20N4O2/c1-4-8(3)11-12-13-14-15(11)7-9(5-2)6-10(16)17/h8-9H,4-7H2,1-3H3,(H,16,17). The summed E-state index contributed by atoms with van der Waals surface area (Å²) in [6.07, 6.45) is 1.94. The highest BCUT2D eigenvalue weighted by atomic mass is 16.4. The predicted octanol–water partition coefficient (Wildman–Crippen LogP) is 1.69. The van der Waals surface area contributed by atoms with Crippen LogP contribution in [0.1, 0.15) is 51.8 Å². The lowest BCUT2D eigenvalue weighted by atomic mass is 10.0. The third kappa shape index (κ3) is 3.80. The maximum Gasteiger partial charge on any atom is 0.303 e. The van der Waals surface area contributed by atoms with Gasteiger partial charge in [-0.3, -0.25) is 4.79 Å². The summed E-state index contributed by atoms with van der Waals surface area (Å²) < 4.78 is 1.74. The molecular formula is C11H20N4O2. The minimum absolute atomic E-state index is 0.0822. The second-order valence-electron chi connectivity index (χ2n) is 4.40. The number of rotatable bonds is 7. The molecule has 0 radical (unpaired) electrons. The topological polar surface area (TPSA) is 80.9 Å². The van der Waals surface area contributed by atoms with Crippen molar-refractivity contribution in [1.82, 2.24) is 20.2 Å². The van der Waals surface area contributed by atoms with E-state index in [9.17, 15) is 4.79 Å². The smallest absolute Gasteiger partial charge is 0.303 e. The van der Waals surface area contributed by atoms with E-state index >= 15 is 0 Å². The van der Waals surface area contributed by atoms with Gasteiger partial charge in [-0.15, -0.1) is 5.10 Å². The molecule has 0 aliphatic heterocycles. The van der Waals surface area contributed by atoms with Crippen LogP contribution >= 0.6 is 0 Å². The van der Waals surface area contributed by atoms with Crippen molar-refractivity contribution in [3.8, 4) is 0 Å². The highest BCUT2D eigenvalue weighted by molar-refractivity contribution is 5.66. The lowest BCUT2D eigenvalue weighted by Crippen LogP contribution is -2.18. The average molecular weight is 240 g/mol. The van der Waals surface area contributed by atoms with E-state index in [0.717, 1.165) is 18.7 Å². The summed E-state index contributed by atoms with van der Waals surface area (Å²) in [5.41, 5.74) is 0. The third-order valence-electron chi connectivity index (χ3n) is 3.08. The summed E-state index contributed by atoms with van der Waals surface area (Å²) in [6.45, 7) is 6.72. The van der Waals surface area contributed by atoms with Crippen LogP contribution in [0, 0.1) is 5.92 Å². The Balaban J connectivity index is 2.72. The number of aliphatic carboxylic acids is 1. The first kappa shape index (κ1) is 13.6. The molecule has 1 aromatic rings. The zero-order valence-corrected chi connectivity index (χ0v) is 10.6. The number of tetrazole rings is 1. The summed E-state index contributed by atoms with van der Waals surface area (Å²) in [5, 5.41) is 20.4. The molecule has 0 saturated heterocycles. The first-order valence-electron chi connectivity index (χ1n) is 6.06. The summed E-state index contributed by atoms with van der Waals surface area (Å²) in [7, 11) is 0. The van der Waals surface area contributed by atoms with Gasteiger partial charge in [0.2, 0.25) is 0 Å². The Labute approximate surface area is 101 Å². The number of carbonyl (C=O) groups is 1. The SMILES string of the molecule is CCC(CC(=O)O)Cn1nnnc1C(C)CC. The largest absolute Gasteiger partial charge is 0.481 e. The van der Waals surface area contributed by atoms with Gasteiger partial charge in [0.15, 0.2) is 5.82 Å². The fourth-order valence-electron chi connectivity index (χ4n) is 1.71. The van der Waals surface area contributed by atoms with Crippen LogP contribution in [-0.4, -0.2) is 31.3 Å². The maximum absolute atomic E-state index is 10.7. The van der Waals surface area contributed by atoms with E-state index in [0.29, 0.717) is 12.5 Å². The van der Waals surface area contributed by atoms with Crippen LogP contribution in [0.3, 0.4) is 0 Å². The van der Waals surface area contributed by atoms with Crippen molar-refractivity contribution in [2.75, 3.05) is 0 Å². The molecule has 0 amide bonds.